The van der Waals surface area contributed by atoms with Crippen LogP contribution >= 0.6 is 0 Å². The van der Waals surface area contributed by atoms with E-state index in [1.54, 1.807) is 0 Å². The molecule has 2 aliphatic heterocycles. The fourth-order valence-electron chi connectivity index (χ4n) is 3.63. The van der Waals surface area contributed by atoms with Crippen LogP contribution in [0.4, 0.5) is 0 Å². The van der Waals surface area contributed by atoms with E-state index < -0.39 is 5.97 Å². The van der Waals surface area contributed by atoms with Crippen molar-refractivity contribution in [3.63, 3.8) is 0 Å². The first-order valence-electron chi connectivity index (χ1n) is 8.18. The van der Waals surface area contributed by atoms with Gasteiger partial charge in [0, 0.05) is 26.3 Å². The number of hydrogen-bond acceptors (Lipinski definition) is 3. The summed E-state index contributed by atoms with van der Waals surface area (Å²) in [6.07, 6.45) is 7.08. The molecule has 0 aromatic carbocycles. The molecule has 1 N–H and O–H groups in total. The number of aliphatic carboxylic acids is 1. The second-order valence-electron chi connectivity index (χ2n) is 6.69. The minimum absolute atomic E-state index is 0.158. The van der Waals surface area contributed by atoms with E-state index >= 15 is 0 Å². The Balaban J connectivity index is 1.61. The van der Waals surface area contributed by atoms with E-state index in [1.165, 1.54) is 32.1 Å². The number of piperidine rings is 1. The summed E-state index contributed by atoms with van der Waals surface area (Å²) in [6.45, 7) is 6.93. The van der Waals surface area contributed by atoms with Crippen molar-refractivity contribution in [2.75, 3.05) is 32.8 Å². The van der Waals surface area contributed by atoms with Gasteiger partial charge in [-0.25, -0.2) is 0 Å². The van der Waals surface area contributed by atoms with Gasteiger partial charge in [-0.2, -0.15) is 0 Å². The molecule has 0 saturated carbocycles. The first-order chi connectivity index (χ1) is 9.65. The van der Waals surface area contributed by atoms with Gasteiger partial charge in [0.05, 0.1) is 5.92 Å². The Morgan fingerprint density at radius 1 is 1.25 bits per heavy atom. The SMILES string of the molecule is CC1CC(C(=O)O)CN(CCCCC2CCOCC2)C1. The summed E-state index contributed by atoms with van der Waals surface area (Å²) in [7, 11) is 0. The molecule has 0 aromatic rings. The molecule has 2 fully saturated rings. The van der Waals surface area contributed by atoms with E-state index in [1.807, 2.05) is 0 Å². The first-order valence-corrected chi connectivity index (χ1v) is 8.18. The summed E-state index contributed by atoms with van der Waals surface area (Å²) in [4.78, 5) is 13.5. The minimum Gasteiger partial charge on any atom is -0.481 e. The molecule has 2 unspecified atom stereocenters. The Morgan fingerprint density at radius 3 is 2.70 bits per heavy atom. The average molecular weight is 283 g/mol. The van der Waals surface area contributed by atoms with Crippen molar-refractivity contribution in [1.82, 2.24) is 4.90 Å². The van der Waals surface area contributed by atoms with Gasteiger partial charge in [0.1, 0.15) is 0 Å². The second kappa shape index (κ2) is 7.99. The van der Waals surface area contributed by atoms with Crippen LogP contribution in [0.2, 0.25) is 0 Å². The van der Waals surface area contributed by atoms with Crippen molar-refractivity contribution in [1.29, 1.82) is 0 Å². The van der Waals surface area contributed by atoms with Gasteiger partial charge in [-0.3, -0.25) is 4.79 Å². The van der Waals surface area contributed by atoms with E-state index in [4.69, 9.17) is 4.74 Å². The number of nitrogens with zero attached hydrogens (tertiary/aromatic N) is 1. The van der Waals surface area contributed by atoms with E-state index in [0.717, 1.165) is 45.2 Å². The Kier molecular flexibility index (Phi) is 6.30. The van der Waals surface area contributed by atoms with Crippen LogP contribution in [0.25, 0.3) is 0 Å². The maximum Gasteiger partial charge on any atom is 0.307 e. The van der Waals surface area contributed by atoms with Crippen molar-refractivity contribution < 1.29 is 14.6 Å². The molecular formula is C16H29NO3. The van der Waals surface area contributed by atoms with Crippen molar-refractivity contribution in [2.24, 2.45) is 17.8 Å². The Labute approximate surface area is 122 Å². The van der Waals surface area contributed by atoms with E-state index in [-0.39, 0.29) is 5.92 Å². The van der Waals surface area contributed by atoms with Crippen molar-refractivity contribution in [3.05, 3.63) is 0 Å². The molecule has 4 heteroatoms. The van der Waals surface area contributed by atoms with E-state index in [0.29, 0.717) is 5.92 Å². The fraction of sp³-hybridized carbons (Fsp3) is 0.938. The first kappa shape index (κ1) is 15.8. The molecular weight excluding hydrogens is 254 g/mol. The number of unbranched alkanes of at least 4 members (excludes halogenated alkanes) is 1. The van der Waals surface area contributed by atoms with Gasteiger partial charge in [-0.05, 0) is 44.1 Å². The van der Waals surface area contributed by atoms with Gasteiger partial charge < -0.3 is 14.7 Å². The third kappa shape index (κ3) is 5.06. The van der Waals surface area contributed by atoms with Crippen LogP contribution in [0.1, 0.15) is 45.4 Å². The summed E-state index contributed by atoms with van der Waals surface area (Å²) < 4.78 is 5.38. The lowest BCUT2D eigenvalue weighted by molar-refractivity contribution is -0.144. The largest absolute Gasteiger partial charge is 0.481 e. The standard InChI is InChI=1S/C16H29NO3/c1-13-10-15(16(18)19)12-17(11-13)7-3-2-4-14-5-8-20-9-6-14/h13-15H,2-12H2,1H3,(H,18,19). The Hall–Kier alpha value is -0.610. The number of rotatable bonds is 6. The van der Waals surface area contributed by atoms with Crippen LogP contribution in [0, 0.1) is 17.8 Å². The van der Waals surface area contributed by atoms with Crippen LogP contribution < -0.4 is 0 Å². The fourth-order valence-corrected chi connectivity index (χ4v) is 3.63. The van der Waals surface area contributed by atoms with Crippen LogP contribution in [0.15, 0.2) is 0 Å². The zero-order valence-electron chi connectivity index (χ0n) is 12.7. The van der Waals surface area contributed by atoms with Gasteiger partial charge in [-0.15, -0.1) is 0 Å². The molecule has 0 spiro atoms. The summed E-state index contributed by atoms with van der Waals surface area (Å²) in [5, 5.41) is 9.18. The zero-order valence-corrected chi connectivity index (χ0v) is 12.7. The molecule has 0 aromatic heterocycles. The lowest BCUT2D eigenvalue weighted by Crippen LogP contribution is -2.42. The lowest BCUT2D eigenvalue weighted by atomic mass is 9.90. The van der Waals surface area contributed by atoms with Crippen LogP contribution in [-0.2, 0) is 9.53 Å². The molecule has 2 atom stereocenters. The summed E-state index contributed by atoms with van der Waals surface area (Å²) in [6, 6.07) is 0. The quantitative estimate of drug-likeness (QED) is 0.761. The zero-order chi connectivity index (χ0) is 14.4. The predicted octanol–water partition coefficient (Wildman–Crippen LogP) is 2.63. The second-order valence-corrected chi connectivity index (χ2v) is 6.69. The van der Waals surface area contributed by atoms with Gasteiger partial charge in [0.2, 0.25) is 0 Å². The average Bonchev–Trinajstić information content (AvgIpc) is 2.44. The molecule has 4 nitrogen and oxygen atoms in total. The highest BCUT2D eigenvalue weighted by molar-refractivity contribution is 5.70. The third-order valence-corrected chi connectivity index (χ3v) is 4.76. The number of likely N-dealkylation sites (tertiary alicyclic amines) is 1. The van der Waals surface area contributed by atoms with E-state index in [9.17, 15) is 9.90 Å². The molecule has 116 valence electrons. The maximum absolute atomic E-state index is 11.1. The number of ether oxygens (including phenoxy) is 1. The molecule has 0 radical (unpaired) electrons. The van der Waals surface area contributed by atoms with Crippen molar-refractivity contribution >= 4 is 5.97 Å². The monoisotopic (exact) mass is 283 g/mol. The Morgan fingerprint density at radius 2 is 2.00 bits per heavy atom. The van der Waals surface area contributed by atoms with Crippen LogP contribution in [0.3, 0.4) is 0 Å². The van der Waals surface area contributed by atoms with Gasteiger partial charge in [0.25, 0.3) is 0 Å². The molecule has 0 aliphatic carbocycles. The number of carboxylic acid groups (broad SMARTS) is 1. The van der Waals surface area contributed by atoms with Crippen LogP contribution in [-0.4, -0.2) is 48.8 Å². The highest BCUT2D eigenvalue weighted by atomic mass is 16.5. The molecule has 2 saturated heterocycles. The third-order valence-electron chi connectivity index (χ3n) is 4.76. The molecule has 2 rings (SSSR count). The maximum atomic E-state index is 11.1. The minimum atomic E-state index is -0.622. The lowest BCUT2D eigenvalue weighted by Gasteiger charge is -2.34. The molecule has 20 heavy (non-hydrogen) atoms. The van der Waals surface area contributed by atoms with Gasteiger partial charge >= 0.3 is 5.97 Å². The number of carbonyl (C=O) groups is 1. The smallest absolute Gasteiger partial charge is 0.307 e. The van der Waals surface area contributed by atoms with Crippen molar-refractivity contribution in [2.45, 2.75) is 45.4 Å². The highest BCUT2D eigenvalue weighted by Gasteiger charge is 2.28. The molecule has 2 heterocycles. The van der Waals surface area contributed by atoms with E-state index in [2.05, 4.69) is 11.8 Å². The van der Waals surface area contributed by atoms with Crippen LogP contribution in [0.5, 0.6) is 0 Å². The normalized spacial score (nSPS) is 29.4. The number of hydrogen-bond donors (Lipinski definition) is 1. The summed E-state index contributed by atoms with van der Waals surface area (Å²) in [5.41, 5.74) is 0. The summed E-state index contributed by atoms with van der Waals surface area (Å²) in [5.74, 6) is 0.592. The Bertz CT molecular complexity index is 302. The number of carboxylic acids is 1. The summed E-state index contributed by atoms with van der Waals surface area (Å²) >= 11 is 0. The topological polar surface area (TPSA) is 49.8 Å². The predicted molar refractivity (Wildman–Crippen MR) is 78.7 cm³/mol. The van der Waals surface area contributed by atoms with Crippen molar-refractivity contribution in [3.8, 4) is 0 Å². The molecule has 0 amide bonds. The highest BCUT2D eigenvalue weighted by Crippen LogP contribution is 2.23. The van der Waals surface area contributed by atoms with Gasteiger partial charge in [-0.1, -0.05) is 19.8 Å². The van der Waals surface area contributed by atoms with Gasteiger partial charge in [0.15, 0.2) is 0 Å². The molecule has 2 aliphatic rings. The molecule has 0 bridgehead atoms.